The minimum atomic E-state index is 0.575. The van der Waals surface area contributed by atoms with Gasteiger partial charge in [0, 0.05) is 0 Å². The summed E-state index contributed by atoms with van der Waals surface area (Å²) in [5, 5.41) is 2.91. The summed E-state index contributed by atoms with van der Waals surface area (Å²) in [5.41, 5.74) is 1.15. The molecule has 0 atom stereocenters. The molecule has 13 heavy (non-hydrogen) atoms. The molecular weight excluding hydrogens is 166 g/mol. The maximum absolute atomic E-state index is 5.29. The molecule has 0 aliphatic rings. The summed E-state index contributed by atoms with van der Waals surface area (Å²) in [7, 11) is 3.51. The van der Waals surface area contributed by atoms with Crippen molar-refractivity contribution in [1.82, 2.24) is 5.32 Å². The predicted molar refractivity (Wildman–Crippen MR) is 51.7 cm³/mol. The molecule has 0 spiro atoms. The summed E-state index contributed by atoms with van der Waals surface area (Å²) >= 11 is 0. The van der Waals surface area contributed by atoms with Crippen molar-refractivity contribution in [2.75, 3.05) is 20.9 Å². The molecule has 0 radical (unpaired) electrons. The lowest BCUT2D eigenvalue weighted by atomic mass is 10.2. The summed E-state index contributed by atoms with van der Waals surface area (Å²) in [6.07, 6.45) is 0. The van der Waals surface area contributed by atoms with Gasteiger partial charge in [-0.1, -0.05) is 12.1 Å². The van der Waals surface area contributed by atoms with Gasteiger partial charge < -0.3 is 9.47 Å². The van der Waals surface area contributed by atoms with Crippen molar-refractivity contribution in [3.05, 3.63) is 29.8 Å². The summed E-state index contributed by atoms with van der Waals surface area (Å²) in [6.45, 7) is 1.21. The zero-order valence-electron chi connectivity index (χ0n) is 8.04. The number of rotatable bonds is 5. The van der Waals surface area contributed by atoms with Gasteiger partial charge >= 0.3 is 0 Å². The molecule has 1 N–H and O–H groups in total. The van der Waals surface area contributed by atoms with Crippen molar-refractivity contribution in [2.24, 2.45) is 0 Å². The summed E-state index contributed by atoms with van der Waals surface area (Å²) in [6, 6.07) is 7.85. The number of hydrogen-bond acceptors (Lipinski definition) is 3. The van der Waals surface area contributed by atoms with Crippen LogP contribution in [-0.4, -0.2) is 20.9 Å². The lowest BCUT2D eigenvalue weighted by Gasteiger charge is -2.04. The second kappa shape index (κ2) is 5.56. The standard InChI is InChI=1S/C10H15NO2/c1-11-8-13-7-9-3-5-10(12-2)6-4-9/h3-6,11H,7-8H2,1-2H3. The Morgan fingerprint density at radius 2 is 1.92 bits per heavy atom. The van der Waals surface area contributed by atoms with Gasteiger partial charge in [0.15, 0.2) is 0 Å². The van der Waals surface area contributed by atoms with Crippen LogP contribution in [0.2, 0.25) is 0 Å². The van der Waals surface area contributed by atoms with E-state index >= 15 is 0 Å². The topological polar surface area (TPSA) is 30.5 Å². The van der Waals surface area contributed by atoms with Crippen molar-refractivity contribution >= 4 is 0 Å². The third-order valence-electron chi connectivity index (χ3n) is 1.67. The van der Waals surface area contributed by atoms with Crippen LogP contribution in [0.25, 0.3) is 0 Å². The molecule has 0 aliphatic carbocycles. The molecule has 1 aromatic rings. The van der Waals surface area contributed by atoms with E-state index in [9.17, 15) is 0 Å². The third kappa shape index (κ3) is 3.44. The van der Waals surface area contributed by atoms with Gasteiger partial charge in [-0.15, -0.1) is 0 Å². The molecule has 1 rings (SSSR count). The second-order valence-electron chi connectivity index (χ2n) is 2.69. The normalized spacial score (nSPS) is 10.0. The number of nitrogens with one attached hydrogen (secondary N) is 1. The van der Waals surface area contributed by atoms with Gasteiger partial charge in [-0.2, -0.15) is 0 Å². The van der Waals surface area contributed by atoms with Crippen LogP contribution in [0.3, 0.4) is 0 Å². The molecule has 0 aromatic heterocycles. The molecule has 3 nitrogen and oxygen atoms in total. The maximum Gasteiger partial charge on any atom is 0.118 e. The molecule has 0 saturated carbocycles. The van der Waals surface area contributed by atoms with Crippen LogP contribution in [0.1, 0.15) is 5.56 Å². The van der Waals surface area contributed by atoms with E-state index in [1.165, 1.54) is 0 Å². The van der Waals surface area contributed by atoms with Crippen LogP contribution in [0.4, 0.5) is 0 Å². The minimum Gasteiger partial charge on any atom is -0.497 e. The average Bonchev–Trinajstić information content (AvgIpc) is 2.19. The van der Waals surface area contributed by atoms with E-state index in [2.05, 4.69) is 5.32 Å². The molecule has 0 fully saturated rings. The zero-order valence-corrected chi connectivity index (χ0v) is 8.04. The molecule has 0 bridgehead atoms. The average molecular weight is 181 g/mol. The summed E-state index contributed by atoms with van der Waals surface area (Å²) in [4.78, 5) is 0. The van der Waals surface area contributed by atoms with E-state index in [0.717, 1.165) is 11.3 Å². The first-order chi connectivity index (χ1) is 6.36. The highest BCUT2D eigenvalue weighted by atomic mass is 16.5. The zero-order chi connectivity index (χ0) is 9.52. The Hall–Kier alpha value is -1.06. The lowest BCUT2D eigenvalue weighted by Crippen LogP contribution is -2.11. The Balaban J connectivity index is 2.40. The van der Waals surface area contributed by atoms with Gasteiger partial charge in [-0.05, 0) is 24.7 Å². The highest BCUT2D eigenvalue weighted by molar-refractivity contribution is 5.26. The Morgan fingerprint density at radius 3 is 2.46 bits per heavy atom. The molecule has 0 aliphatic heterocycles. The molecule has 0 amide bonds. The van der Waals surface area contributed by atoms with Crippen molar-refractivity contribution in [3.8, 4) is 5.75 Å². The molecule has 1 aromatic carbocycles. The molecule has 0 saturated heterocycles. The summed E-state index contributed by atoms with van der Waals surface area (Å²) in [5.74, 6) is 0.873. The van der Waals surface area contributed by atoms with Crippen molar-refractivity contribution < 1.29 is 9.47 Å². The van der Waals surface area contributed by atoms with Crippen molar-refractivity contribution in [2.45, 2.75) is 6.61 Å². The smallest absolute Gasteiger partial charge is 0.118 e. The van der Waals surface area contributed by atoms with E-state index in [-0.39, 0.29) is 0 Å². The van der Waals surface area contributed by atoms with E-state index in [1.807, 2.05) is 31.3 Å². The number of hydrogen-bond donors (Lipinski definition) is 1. The Morgan fingerprint density at radius 1 is 1.23 bits per heavy atom. The summed E-state index contributed by atoms with van der Waals surface area (Å²) < 4.78 is 10.3. The second-order valence-corrected chi connectivity index (χ2v) is 2.69. The highest BCUT2D eigenvalue weighted by Gasteiger charge is 1.93. The van der Waals surface area contributed by atoms with Crippen LogP contribution < -0.4 is 10.1 Å². The van der Waals surface area contributed by atoms with Crippen LogP contribution in [0.15, 0.2) is 24.3 Å². The fourth-order valence-corrected chi connectivity index (χ4v) is 0.993. The monoisotopic (exact) mass is 181 g/mol. The van der Waals surface area contributed by atoms with E-state index in [0.29, 0.717) is 13.3 Å². The molecular formula is C10H15NO2. The fraction of sp³-hybridized carbons (Fsp3) is 0.400. The number of benzene rings is 1. The molecule has 3 heteroatoms. The third-order valence-corrected chi connectivity index (χ3v) is 1.67. The van der Waals surface area contributed by atoms with Gasteiger partial charge in [0.1, 0.15) is 5.75 Å². The molecule has 0 unspecified atom stereocenters. The van der Waals surface area contributed by atoms with E-state index in [1.54, 1.807) is 7.11 Å². The number of ether oxygens (including phenoxy) is 2. The highest BCUT2D eigenvalue weighted by Crippen LogP contribution is 2.11. The fourth-order valence-electron chi connectivity index (χ4n) is 0.993. The first-order valence-corrected chi connectivity index (χ1v) is 4.22. The number of methoxy groups -OCH3 is 1. The Kier molecular flexibility index (Phi) is 4.29. The first kappa shape index (κ1) is 10.0. The largest absolute Gasteiger partial charge is 0.497 e. The quantitative estimate of drug-likeness (QED) is 0.550. The maximum atomic E-state index is 5.29. The van der Waals surface area contributed by atoms with Gasteiger partial charge in [0.05, 0.1) is 20.4 Å². The molecule has 72 valence electrons. The van der Waals surface area contributed by atoms with Crippen LogP contribution in [-0.2, 0) is 11.3 Å². The minimum absolute atomic E-state index is 0.575. The van der Waals surface area contributed by atoms with Gasteiger partial charge in [-0.25, -0.2) is 0 Å². The first-order valence-electron chi connectivity index (χ1n) is 4.22. The van der Waals surface area contributed by atoms with Gasteiger partial charge in [-0.3, -0.25) is 5.32 Å². The van der Waals surface area contributed by atoms with Gasteiger partial charge in [0.25, 0.3) is 0 Å². The van der Waals surface area contributed by atoms with Crippen molar-refractivity contribution in [1.29, 1.82) is 0 Å². The predicted octanol–water partition coefficient (Wildman–Crippen LogP) is 1.39. The Labute approximate surface area is 78.7 Å². The van der Waals surface area contributed by atoms with E-state index < -0.39 is 0 Å². The van der Waals surface area contributed by atoms with Gasteiger partial charge in [0.2, 0.25) is 0 Å². The van der Waals surface area contributed by atoms with Crippen LogP contribution in [0.5, 0.6) is 5.75 Å². The van der Waals surface area contributed by atoms with Crippen LogP contribution >= 0.6 is 0 Å². The van der Waals surface area contributed by atoms with E-state index in [4.69, 9.17) is 9.47 Å². The molecule has 0 heterocycles. The SMILES string of the molecule is CNCOCc1ccc(OC)cc1. The lowest BCUT2D eigenvalue weighted by molar-refractivity contribution is 0.109. The van der Waals surface area contributed by atoms with Crippen LogP contribution in [0, 0.1) is 0 Å². The Bertz CT molecular complexity index is 233. The van der Waals surface area contributed by atoms with Crippen molar-refractivity contribution in [3.63, 3.8) is 0 Å².